The number of β-amino-alcohol motifs (C(OH)–C–C–N with tert-alkyl or cyclic N) is 1. The van der Waals surface area contributed by atoms with Crippen molar-refractivity contribution in [1.29, 1.82) is 0 Å². The molecule has 2 aromatic rings. The second-order valence-corrected chi connectivity index (χ2v) is 6.41. The van der Waals surface area contributed by atoms with Gasteiger partial charge in [-0.3, -0.25) is 9.48 Å². The molecule has 3 heterocycles. The highest BCUT2D eigenvalue weighted by Gasteiger charge is 2.32. The Hall–Kier alpha value is -2.54. The van der Waals surface area contributed by atoms with Gasteiger partial charge in [0.1, 0.15) is 0 Å². The summed E-state index contributed by atoms with van der Waals surface area (Å²) in [5.41, 5.74) is 1.58. The first-order chi connectivity index (χ1) is 12.2. The fourth-order valence-electron chi connectivity index (χ4n) is 3.48. The number of carbonyl (C=O) groups excluding carboxylic acids is 1. The first kappa shape index (κ1) is 16.0. The number of rotatable bonds is 3. The zero-order valence-corrected chi connectivity index (χ0v) is 14.1. The maximum atomic E-state index is 12.6. The van der Waals surface area contributed by atoms with Crippen molar-refractivity contribution in [2.75, 3.05) is 19.9 Å². The molecule has 0 aliphatic carbocycles. The Labute approximate surface area is 145 Å². The van der Waals surface area contributed by atoms with Crippen molar-refractivity contribution in [1.82, 2.24) is 14.7 Å². The standard InChI is InChI=1S/C18H21N3O4/c1-2-21-9-13(8-19-21)18(23)20-6-5-14(15(22)10-20)12-3-4-16-17(7-12)25-11-24-16/h3-4,7-9,14-15,22H,2,5-6,10-11H2,1H3/t14-,15+/m0/s1. The van der Waals surface area contributed by atoms with Crippen LogP contribution in [-0.4, -0.2) is 51.7 Å². The van der Waals surface area contributed by atoms with E-state index in [9.17, 15) is 9.90 Å². The van der Waals surface area contributed by atoms with Crippen molar-refractivity contribution >= 4 is 5.91 Å². The molecule has 7 nitrogen and oxygen atoms in total. The third kappa shape index (κ3) is 2.95. The minimum absolute atomic E-state index is 0.0167. The number of carbonyl (C=O) groups is 1. The molecule has 2 atom stereocenters. The third-order valence-corrected chi connectivity index (χ3v) is 4.90. The molecule has 132 valence electrons. The molecule has 0 unspecified atom stereocenters. The fraction of sp³-hybridized carbons (Fsp3) is 0.444. The van der Waals surface area contributed by atoms with Crippen molar-refractivity contribution in [2.45, 2.75) is 31.9 Å². The Kier molecular flexibility index (Phi) is 4.09. The molecule has 0 spiro atoms. The summed E-state index contributed by atoms with van der Waals surface area (Å²) in [6.07, 6.45) is 3.43. The highest BCUT2D eigenvalue weighted by Crippen LogP contribution is 2.37. The summed E-state index contributed by atoms with van der Waals surface area (Å²) in [7, 11) is 0. The number of aromatic nitrogens is 2. The number of fused-ring (bicyclic) bond motifs is 1. The fourth-order valence-corrected chi connectivity index (χ4v) is 3.48. The van der Waals surface area contributed by atoms with Crippen LogP contribution in [0.15, 0.2) is 30.6 Å². The van der Waals surface area contributed by atoms with Crippen molar-refractivity contribution in [2.24, 2.45) is 0 Å². The van der Waals surface area contributed by atoms with Crippen molar-refractivity contribution in [3.05, 3.63) is 41.7 Å². The topological polar surface area (TPSA) is 76.8 Å². The summed E-state index contributed by atoms with van der Waals surface area (Å²) in [4.78, 5) is 14.3. The molecule has 1 saturated heterocycles. The Bertz CT molecular complexity index is 788. The van der Waals surface area contributed by atoms with E-state index in [-0.39, 0.29) is 18.6 Å². The van der Waals surface area contributed by atoms with Crippen LogP contribution in [-0.2, 0) is 6.54 Å². The Balaban J connectivity index is 1.46. The molecule has 1 aromatic carbocycles. The molecule has 1 aromatic heterocycles. The van der Waals surface area contributed by atoms with Gasteiger partial charge in [0.05, 0.1) is 17.9 Å². The molecule has 1 fully saturated rings. The van der Waals surface area contributed by atoms with Gasteiger partial charge in [0.25, 0.3) is 5.91 Å². The van der Waals surface area contributed by atoms with Crippen LogP contribution in [0, 0.1) is 0 Å². The third-order valence-electron chi connectivity index (χ3n) is 4.90. The van der Waals surface area contributed by atoms with Gasteiger partial charge in [-0.05, 0) is 31.0 Å². The van der Waals surface area contributed by atoms with E-state index < -0.39 is 6.10 Å². The van der Waals surface area contributed by atoms with E-state index >= 15 is 0 Å². The van der Waals surface area contributed by atoms with Crippen LogP contribution in [0.1, 0.15) is 35.2 Å². The summed E-state index contributed by atoms with van der Waals surface area (Å²) >= 11 is 0. The summed E-state index contributed by atoms with van der Waals surface area (Å²) in [6, 6.07) is 5.77. The minimum Gasteiger partial charge on any atom is -0.454 e. The van der Waals surface area contributed by atoms with E-state index in [0.717, 1.165) is 23.6 Å². The second-order valence-electron chi connectivity index (χ2n) is 6.41. The number of piperidine rings is 1. The average molecular weight is 343 g/mol. The number of hydrogen-bond acceptors (Lipinski definition) is 5. The number of likely N-dealkylation sites (tertiary alicyclic amines) is 1. The first-order valence-corrected chi connectivity index (χ1v) is 8.55. The Morgan fingerprint density at radius 2 is 2.20 bits per heavy atom. The summed E-state index contributed by atoms with van der Waals surface area (Å²) in [5, 5.41) is 14.7. The quantitative estimate of drug-likeness (QED) is 0.916. The van der Waals surface area contributed by atoms with Crippen LogP contribution in [0.2, 0.25) is 0 Å². The van der Waals surface area contributed by atoms with Crippen molar-refractivity contribution < 1.29 is 19.4 Å². The number of amides is 1. The van der Waals surface area contributed by atoms with Gasteiger partial charge in [0, 0.05) is 31.7 Å². The number of ether oxygens (including phenoxy) is 2. The predicted octanol–water partition coefficient (Wildman–Crippen LogP) is 1.62. The zero-order chi connectivity index (χ0) is 17.4. The Morgan fingerprint density at radius 1 is 1.36 bits per heavy atom. The van der Waals surface area contributed by atoms with E-state index in [0.29, 0.717) is 25.1 Å². The van der Waals surface area contributed by atoms with E-state index in [1.807, 2.05) is 25.1 Å². The lowest BCUT2D eigenvalue weighted by atomic mass is 9.86. The van der Waals surface area contributed by atoms with Crippen LogP contribution in [0.5, 0.6) is 11.5 Å². The van der Waals surface area contributed by atoms with Crippen molar-refractivity contribution in [3.8, 4) is 11.5 Å². The molecule has 25 heavy (non-hydrogen) atoms. The highest BCUT2D eigenvalue weighted by molar-refractivity contribution is 5.93. The number of aliphatic hydroxyl groups is 1. The molecule has 4 rings (SSSR count). The van der Waals surface area contributed by atoms with E-state index in [1.54, 1.807) is 22.0 Å². The van der Waals surface area contributed by atoms with Crippen LogP contribution in [0.4, 0.5) is 0 Å². The molecular formula is C18H21N3O4. The lowest BCUT2D eigenvalue weighted by Crippen LogP contribution is -2.45. The van der Waals surface area contributed by atoms with Gasteiger partial charge in [0.2, 0.25) is 6.79 Å². The average Bonchev–Trinajstić information content (AvgIpc) is 3.29. The molecule has 0 radical (unpaired) electrons. The number of aryl methyl sites for hydroxylation is 1. The van der Waals surface area contributed by atoms with Gasteiger partial charge in [-0.25, -0.2) is 0 Å². The monoisotopic (exact) mass is 343 g/mol. The van der Waals surface area contributed by atoms with Gasteiger partial charge in [-0.1, -0.05) is 6.07 Å². The van der Waals surface area contributed by atoms with Crippen LogP contribution < -0.4 is 9.47 Å². The zero-order valence-electron chi connectivity index (χ0n) is 14.1. The summed E-state index contributed by atoms with van der Waals surface area (Å²) in [5.74, 6) is 1.36. The molecule has 0 bridgehead atoms. The van der Waals surface area contributed by atoms with Gasteiger partial charge >= 0.3 is 0 Å². The number of nitrogens with zero attached hydrogens (tertiary/aromatic N) is 3. The van der Waals surface area contributed by atoms with E-state index in [2.05, 4.69) is 5.10 Å². The van der Waals surface area contributed by atoms with Crippen LogP contribution >= 0.6 is 0 Å². The van der Waals surface area contributed by atoms with Gasteiger partial charge < -0.3 is 19.5 Å². The number of hydrogen-bond donors (Lipinski definition) is 1. The maximum absolute atomic E-state index is 12.6. The minimum atomic E-state index is -0.612. The summed E-state index contributed by atoms with van der Waals surface area (Å²) < 4.78 is 12.5. The maximum Gasteiger partial charge on any atom is 0.257 e. The SMILES string of the molecule is CCn1cc(C(=O)N2CC[C@@H](c3ccc4c(c3)OCO4)[C@H](O)C2)cn1. The largest absolute Gasteiger partial charge is 0.454 e. The molecule has 1 amide bonds. The van der Waals surface area contributed by atoms with Gasteiger partial charge in [-0.15, -0.1) is 0 Å². The van der Waals surface area contributed by atoms with E-state index in [4.69, 9.17) is 9.47 Å². The number of aliphatic hydroxyl groups excluding tert-OH is 1. The summed E-state index contributed by atoms with van der Waals surface area (Å²) in [6.45, 7) is 3.85. The molecule has 2 aliphatic rings. The van der Waals surface area contributed by atoms with Crippen molar-refractivity contribution in [3.63, 3.8) is 0 Å². The predicted molar refractivity (Wildman–Crippen MR) is 89.7 cm³/mol. The highest BCUT2D eigenvalue weighted by atomic mass is 16.7. The van der Waals surface area contributed by atoms with E-state index in [1.165, 1.54) is 0 Å². The molecular weight excluding hydrogens is 322 g/mol. The lowest BCUT2D eigenvalue weighted by molar-refractivity contribution is 0.0381. The first-order valence-electron chi connectivity index (χ1n) is 8.55. The lowest BCUT2D eigenvalue weighted by Gasteiger charge is -2.36. The smallest absolute Gasteiger partial charge is 0.257 e. The molecule has 0 saturated carbocycles. The molecule has 7 heteroatoms. The Morgan fingerprint density at radius 3 is 2.96 bits per heavy atom. The van der Waals surface area contributed by atoms with Crippen LogP contribution in [0.3, 0.4) is 0 Å². The van der Waals surface area contributed by atoms with Crippen LogP contribution in [0.25, 0.3) is 0 Å². The molecule has 1 N–H and O–H groups in total. The second kappa shape index (κ2) is 6.40. The van der Waals surface area contributed by atoms with Gasteiger partial charge in [0.15, 0.2) is 11.5 Å². The van der Waals surface area contributed by atoms with Gasteiger partial charge in [-0.2, -0.15) is 5.10 Å². The normalized spacial score (nSPS) is 22.2. The number of benzene rings is 1. The molecule has 2 aliphatic heterocycles.